The summed E-state index contributed by atoms with van der Waals surface area (Å²) in [6.45, 7) is 9.58. The molecule has 0 fully saturated rings. The van der Waals surface area contributed by atoms with Gasteiger partial charge in [-0.05, 0) is 39.8 Å². The van der Waals surface area contributed by atoms with E-state index in [9.17, 15) is 0 Å². The first-order chi connectivity index (χ1) is 8.58. The summed E-state index contributed by atoms with van der Waals surface area (Å²) in [7, 11) is 1.76. The Morgan fingerprint density at radius 1 is 1.39 bits per heavy atom. The van der Waals surface area contributed by atoms with Crippen LogP contribution in [0.4, 0.5) is 0 Å². The monoisotopic (exact) mass is 253 g/mol. The highest BCUT2D eigenvalue weighted by Crippen LogP contribution is 2.09. The maximum atomic E-state index is 5.44. The Hall–Kier alpha value is -0.870. The first kappa shape index (κ1) is 15.2. The fourth-order valence-corrected chi connectivity index (χ4v) is 1.90. The zero-order valence-corrected chi connectivity index (χ0v) is 12.3. The van der Waals surface area contributed by atoms with E-state index < -0.39 is 0 Å². The van der Waals surface area contributed by atoms with E-state index in [0.29, 0.717) is 12.1 Å². The smallest absolute Gasteiger partial charge is 0.0700 e. The van der Waals surface area contributed by atoms with Crippen molar-refractivity contribution in [2.24, 2.45) is 0 Å². The summed E-state index contributed by atoms with van der Waals surface area (Å²) in [4.78, 5) is 0. The summed E-state index contributed by atoms with van der Waals surface area (Å²) in [6, 6.07) is 2.84. The molecular formula is C14H27N3O. The molecule has 1 N–H and O–H groups in total. The molecule has 0 bridgehead atoms. The number of nitrogens with zero attached hydrogens (tertiary/aromatic N) is 2. The van der Waals surface area contributed by atoms with Crippen LogP contribution in [0.25, 0.3) is 0 Å². The molecule has 0 amide bonds. The van der Waals surface area contributed by atoms with E-state index >= 15 is 0 Å². The summed E-state index contributed by atoms with van der Waals surface area (Å²) in [5.74, 6) is 0. The first-order valence-corrected chi connectivity index (χ1v) is 6.88. The van der Waals surface area contributed by atoms with Gasteiger partial charge in [0.2, 0.25) is 0 Å². The predicted molar refractivity (Wildman–Crippen MR) is 74.9 cm³/mol. The van der Waals surface area contributed by atoms with E-state index in [0.717, 1.165) is 25.1 Å². The van der Waals surface area contributed by atoms with Crippen LogP contribution in [0.5, 0.6) is 0 Å². The number of nitrogens with one attached hydrogen (secondary N) is 1. The number of hydrogen-bond acceptors (Lipinski definition) is 3. The van der Waals surface area contributed by atoms with Crippen LogP contribution in [0.2, 0.25) is 0 Å². The largest absolute Gasteiger partial charge is 0.380 e. The van der Waals surface area contributed by atoms with E-state index in [1.165, 1.54) is 0 Å². The molecule has 2 atom stereocenters. The van der Waals surface area contributed by atoms with Gasteiger partial charge in [0, 0.05) is 31.8 Å². The van der Waals surface area contributed by atoms with Gasteiger partial charge in [-0.1, -0.05) is 6.92 Å². The van der Waals surface area contributed by atoms with Gasteiger partial charge in [0.1, 0.15) is 0 Å². The first-order valence-electron chi connectivity index (χ1n) is 6.88. The van der Waals surface area contributed by atoms with E-state index in [2.05, 4.69) is 44.2 Å². The molecule has 0 saturated carbocycles. The van der Waals surface area contributed by atoms with Crippen molar-refractivity contribution in [3.8, 4) is 0 Å². The Balaban J connectivity index is 2.63. The Bertz CT molecular complexity index is 336. The fraction of sp³-hybridized carbons (Fsp3) is 0.786. The Morgan fingerprint density at radius 2 is 2.11 bits per heavy atom. The summed E-state index contributed by atoms with van der Waals surface area (Å²) in [6.07, 6.45) is 4.29. The summed E-state index contributed by atoms with van der Waals surface area (Å²) in [5.41, 5.74) is 1.13. The van der Waals surface area contributed by atoms with Crippen LogP contribution < -0.4 is 5.32 Å². The van der Waals surface area contributed by atoms with Gasteiger partial charge in [0.15, 0.2) is 0 Å². The number of aromatic nitrogens is 2. The minimum atomic E-state index is 0.195. The van der Waals surface area contributed by atoms with E-state index in [1.54, 1.807) is 7.11 Å². The standard InChI is InChI=1S/C14H27N3O/c1-6-8-15-14(12(4)18-5)10-13-7-9-17(16-13)11(2)3/h7,9,11-12,14-15H,6,8,10H2,1-5H3. The van der Waals surface area contributed by atoms with Crippen molar-refractivity contribution in [2.45, 2.75) is 58.7 Å². The lowest BCUT2D eigenvalue weighted by Crippen LogP contribution is -2.41. The van der Waals surface area contributed by atoms with Crippen molar-refractivity contribution in [1.29, 1.82) is 0 Å². The number of hydrogen-bond donors (Lipinski definition) is 1. The minimum Gasteiger partial charge on any atom is -0.380 e. The average Bonchev–Trinajstić information content (AvgIpc) is 2.82. The van der Waals surface area contributed by atoms with E-state index in [-0.39, 0.29) is 6.10 Å². The van der Waals surface area contributed by atoms with Crippen molar-refractivity contribution < 1.29 is 4.74 Å². The molecule has 0 aromatic carbocycles. The van der Waals surface area contributed by atoms with Crippen molar-refractivity contribution >= 4 is 0 Å². The van der Waals surface area contributed by atoms with Crippen LogP contribution in [0.3, 0.4) is 0 Å². The van der Waals surface area contributed by atoms with E-state index in [4.69, 9.17) is 4.74 Å². The Morgan fingerprint density at radius 3 is 2.61 bits per heavy atom. The van der Waals surface area contributed by atoms with Gasteiger partial charge in [0.25, 0.3) is 0 Å². The second-order valence-electron chi connectivity index (χ2n) is 5.09. The average molecular weight is 253 g/mol. The second-order valence-corrected chi connectivity index (χ2v) is 5.09. The molecule has 0 aliphatic rings. The van der Waals surface area contributed by atoms with Crippen LogP contribution in [-0.2, 0) is 11.2 Å². The number of methoxy groups -OCH3 is 1. The zero-order valence-electron chi connectivity index (χ0n) is 12.3. The van der Waals surface area contributed by atoms with Crippen molar-refractivity contribution in [2.75, 3.05) is 13.7 Å². The molecule has 4 heteroatoms. The topological polar surface area (TPSA) is 39.1 Å². The van der Waals surface area contributed by atoms with Gasteiger partial charge < -0.3 is 10.1 Å². The lowest BCUT2D eigenvalue weighted by molar-refractivity contribution is 0.0827. The summed E-state index contributed by atoms with van der Waals surface area (Å²) >= 11 is 0. The molecule has 0 radical (unpaired) electrons. The molecule has 18 heavy (non-hydrogen) atoms. The Kier molecular flexibility index (Phi) is 6.36. The highest BCUT2D eigenvalue weighted by molar-refractivity contribution is 5.03. The van der Waals surface area contributed by atoms with Gasteiger partial charge in [-0.3, -0.25) is 4.68 Å². The third-order valence-corrected chi connectivity index (χ3v) is 3.22. The quantitative estimate of drug-likeness (QED) is 0.773. The molecular weight excluding hydrogens is 226 g/mol. The van der Waals surface area contributed by atoms with Gasteiger partial charge in [-0.25, -0.2) is 0 Å². The molecule has 1 aromatic heterocycles. The molecule has 1 aromatic rings. The van der Waals surface area contributed by atoms with Gasteiger partial charge in [-0.15, -0.1) is 0 Å². The van der Waals surface area contributed by atoms with Crippen LogP contribution in [0.1, 0.15) is 45.9 Å². The second kappa shape index (κ2) is 7.54. The lowest BCUT2D eigenvalue weighted by atomic mass is 10.1. The van der Waals surface area contributed by atoms with Crippen molar-refractivity contribution in [3.05, 3.63) is 18.0 Å². The van der Waals surface area contributed by atoms with Gasteiger partial charge in [0.05, 0.1) is 11.8 Å². The molecule has 104 valence electrons. The van der Waals surface area contributed by atoms with Crippen LogP contribution in [-0.4, -0.2) is 35.6 Å². The lowest BCUT2D eigenvalue weighted by Gasteiger charge is -2.23. The van der Waals surface area contributed by atoms with Gasteiger partial charge >= 0.3 is 0 Å². The maximum absolute atomic E-state index is 5.44. The predicted octanol–water partition coefficient (Wildman–Crippen LogP) is 2.41. The van der Waals surface area contributed by atoms with Crippen molar-refractivity contribution in [1.82, 2.24) is 15.1 Å². The highest BCUT2D eigenvalue weighted by atomic mass is 16.5. The molecule has 4 nitrogen and oxygen atoms in total. The molecule has 1 heterocycles. The van der Waals surface area contributed by atoms with Crippen LogP contribution in [0.15, 0.2) is 12.3 Å². The normalized spacial score (nSPS) is 15.0. The van der Waals surface area contributed by atoms with Crippen LogP contribution in [0, 0.1) is 0 Å². The van der Waals surface area contributed by atoms with Crippen molar-refractivity contribution in [3.63, 3.8) is 0 Å². The molecule has 0 spiro atoms. The van der Waals surface area contributed by atoms with Gasteiger partial charge in [-0.2, -0.15) is 5.10 Å². The number of ether oxygens (including phenoxy) is 1. The van der Waals surface area contributed by atoms with E-state index in [1.807, 2.05) is 10.9 Å². The molecule has 1 rings (SSSR count). The third kappa shape index (κ3) is 4.42. The number of rotatable bonds is 8. The molecule has 0 aliphatic heterocycles. The Labute approximate surface area is 111 Å². The van der Waals surface area contributed by atoms with Crippen LogP contribution >= 0.6 is 0 Å². The maximum Gasteiger partial charge on any atom is 0.0700 e. The fourth-order valence-electron chi connectivity index (χ4n) is 1.90. The minimum absolute atomic E-state index is 0.195. The third-order valence-electron chi connectivity index (χ3n) is 3.22. The molecule has 2 unspecified atom stereocenters. The summed E-state index contributed by atoms with van der Waals surface area (Å²) in [5, 5.41) is 8.13. The SMILES string of the molecule is CCCNC(Cc1ccn(C(C)C)n1)C(C)OC. The highest BCUT2D eigenvalue weighted by Gasteiger charge is 2.18. The summed E-state index contributed by atoms with van der Waals surface area (Å²) < 4.78 is 7.44. The molecule has 0 saturated heterocycles. The zero-order chi connectivity index (χ0) is 13.5. The molecule has 0 aliphatic carbocycles.